The quantitative estimate of drug-likeness (QED) is 0.314. The second-order valence-corrected chi connectivity index (χ2v) is 10.2. The number of fused-ring (bicyclic) bond motifs is 1. The molecule has 2 aliphatic rings. The summed E-state index contributed by atoms with van der Waals surface area (Å²) in [6.07, 6.45) is 7.48. The number of rotatable bonds is 15. The van der Waals surface area contributed by atoms with Crippen LogP contribution in [0, 0.1) is 0 Å². The summed E-state index contributed by atoms with van der Waals surface area (Å²) in [6, 6.07) is 3.47. The summed E-state index contributed by atoms with van der Waals surface area (Å²) in [5.74, 6) is 0.0516. The van der Waals surface area contributed by atoms with Crippen molar-refractivity contribution in [2.75, 3.05) is 44.7 Å². The van der Waals surface area contributed by atoms with E-state index in [1.165, 1.54) is 5.56 Å². The minimum Gasteiger partial charge on any atom is -0.480 e. The van der Waals surface area contributed by atoms with Gasteiger partial charge in [-0.1, -0.05) is 13.0 Å². The van der Waals surface area contributed by atoms with Crippen LogP contribution < -0.4 is 10.6 Å². The van der Waals surface area contributed by atoms with Gasteiger partial charge in [0.25, 0.3) is 0 Å². The van der Waals surface area contributed by atoms with Crippen LogP contribution in [0.15, 0.2) is 12.1 Å². The van der Waals surface area contributed by atoms with Gasteiger partial charge in [-0.05, 0) is 83.4 Å². The number of anilines is 1. The van der Waals surface area contributed by atoms with Crippen molar-refractivity contribution in [3.63, 3.8) is 0 Å². The number of nitrogens with one attached hydrogen (secondary N) is 2. The number of ether oxygens (including phenoxy) is 1. The van der Waals surface area contributed by atoms with Gasteiger partial charge >= 0.3 is 12.0 Å². The van der Waals surface area contributed by atoms with Gasteiger partial charge in [0.1, 0.15) is 11.9 Å². The molecule has 2 aliphatic heterocycles. The number of carbonyl (C=O) groups is 2. The minimum atomic E-state index is -0.988. The molecular weight excluding hydrogens is 458 g/mol. The first kappa shape index (κ1) is 28.2. The Morgan fingerprint density at radius 3 is 2.75 bits per heavy atom. The van der Waals surface area contributed by atoms with Crippen LogP contribution in [0.5, 0.6) is 0 Å². The number of hydrogen-bond acceptors (Lipinski definition) is 6. The number of aliphatic carboxylic acids is 1. The SMILES string of the molecule is CCCOCCN(CCCCc1ccc2c(n1)NCCC2)CC[C@H](NC(=O)N1[C@H](C)C[C@H]1C)C(=O)O. The fourth-order valence-corrected chi connectivity index (χ4v) is 5.14. The molecule has 2 amide bonds. The number of carbonyl (C=O) groups excluding carboxylic acids is 1. The number of unbranched alkanes of at least 4 members (excludes halogenated alkanes) is 1. The molecule has 0 aromatic carbocycles. The fraction of sp³-hybridized carbons (Fsp3) is 0.741. The van der Waals surface area contributed by atoms with Gasteiger partial charge in [0, 0.05) is 44.0 Å². The molecule has 9 nitrogen and oxygen atoms in total. The van der Waals surface area contributed by atoms with Crippen molar-refractivity contribution >= 4 is 17.8 Å². The molecule has 3 rings (SSSR count). The maximum atomic E-state index is 12.6. The predicted octanol–water partition coefficient (Wildman–Crippen LogP) is 3.53. The smallest absolute Gasteiger partial charge is 0.326 e. The van der Waals surface area contributed by atoms with Crippen molar-refractivity contribution in [3.05, 3.63) is 23.4 Å². The highest BCUT2D eigenvalue weighted by Crippen LogP contribution is 2.25. The number of amides is 2. The van der Waals surface area contributed by atoms with Gasteiger partial charge in [0.2, 0.25) is 0 Å². The number of aromatic nitrogens is 1. The molecular formula is C27H45N5O4. The topological polar surface area (TPSA) is 107 Å². The lowest BCUT2D eigenvalue weighted by molar-refractivity contribution is -0.139. The number of nitrogens with zero attached hydrogens (tertiary/aromatic N) is 3. The molecule has 202 valence electrons. The van der Waals surface area contributed by atoms with E-state index in [1.54, 1.807) is 4.90 Å². The first-order valence-electron chi connectivity index (χ1n) is 13.7. The predicted molar refractivity (Wildman–Crippen MR) is 141 cm³/mol. The highest BCUT2D eigenvalue weighted by Gasteiger charge is 2.37. The van der Waals surface area contributed by atoms with E-state index in [0.29, 0.717) is 19.6 Å². The summed E-state index contributed by atoms with van der Waals surface area (Å²) in [6.45, 7) is 10.6. The zero-order valence-corrected chi connectivity index (χ0v) is 22.3. The largest absolute Gasteiger partial charge is 0.480 e. The molecule has 1 saturated heterocycles. The normalized spacial score (nSPS) is 19.8. The Balaban J connectivity index is 1.46. The molecule has 0 spiro atoms. The summed E-state index contributed by atoms with van der Waals surface area (Å²) in [5, 5.41) is 15.9. The summed E-state index contributed by atoms with van der Waals surface area (Å²) < 4.78 is 5.69. The van der Waals surface area contributed by atoms with Crippen LogP contribution >= 0.6 is 0 Å². The van der Waals surface area contributed by atoms with Crippen LogP contribution in [-0.2, 0) is 22.4 Å². The van der Waals surface area contributed by atoms with Gasteiger partial charge in [-0.2, -0.15) is 0 Å². The van der Waals surface area contributed by atoms with Crippen LogP contribution in [0.25, 0.3) is 0 Å². The zero-order valence-electron chi connectivity index (χ0n) is 22.3. The Bertz CT molecular complexity index is 843. The number of pyridine rings is 1. The Kier molecular flexibility index (Phi) is 11.3. The van der Waals surface area contributed by atoms with Gasteiger partial charge in [-0.3, -0.25) is 0 Å². The molecule has 3 N–H and O–H groups in total. The van der Waals surface area contributed by atoms with Crippen LogP contribution in [0.3, 0.4) is 0 Å². The molecule has 1 aromatic heterocycles. The summed E-state index contributed by atoms with van der Waals surface area (Å²) in [5.41, 5.74) is 2.42. The Hall–Kier alpha value is -2.39. The lowest BCUT2D eigenvalue weighted by Crippen LogP contribution is -2.61. The van der Waals surface area contributed by atoms with Crippen LogP contribution in [0.2, 0.25) is 0 Å². The van der Waals surface area contributed by atoms with Crippen LogP contribution in [-0.4, -0.2) is 89.4 Å². The number of carboxylic acids is 1. The van der Waals surface area contributed by atoms with Crippen molar-refractivity contribution in [2.24, 2.45) is 0 Å². The number of carboxylic acid groups (broad SMARTS) is 1. The second-order valence-electron chi connectivity index (χ2n) is 10.2. The van der Waals surface area contributed by atoms with Crippen molar-refractivity contribution in [3.8, 4) is 0 Å². The number of aryl methyl sites for hydroxylation is 2. The first-order chi connectivity index (χ1) is 17.4. The van der Waals surface area contributed by atoms with E-state index in [-0.39, 0.29) is 18.1 Å². The average Bonchev–Trinajstić information content (AvgIpc) is 2.85. The number of likely N-dealkylation sites (tertiary alicyclic amines) is 1. The van der Waals surface area contributed by atoms with Gasteiger partial charge in [0.05, 0.1) is 6.61 Å². The molecule has 0 saturated carbocycles. The van der Waals surface area contributed by atoms with Crippen molar-refractivity contribution in [1.29, 1.82) is 0 Å². The summed E-state index contributed by atoms with van der Waals surface area (Å²) >= 11 is 0. The highest BCUT2D eigenvalue weighted by atomic mass is 16.5. The van der Waals surface area contributed by atoms with Crippen LogP contribution in [0.1, 0.15) is 70.6 Å². The van der Waals surface area contributed by atoms with Crippen LogP contribution in [0.4, 0.5) is 10.6 Å². The molecule has 0 radical (unpaired) electrons. The van der Waals surface area contributed by atoms with E-state index in [9.17, 15) is 14.7 Å². The maximum absolute atomic E-state index is 12.6. The zero-order chi connectivity index (χ0) is 25.9. The molecule has 0 aliphatic carbocycles. The maximum Gasteiger partial charge on any atom is 0.326 e. The van der Waals surface area contributed by atoms with Gasteiger partial charge in [-0.15, -0.1) is 0 Å². The third kappa shape index (κ3) is 8.34. The average molecular weight is 504 g/mol. The number of hydrogen-bond donors (Lipinski definition) is 3. The first-order valence-corrected chi connectivity index (χ1v) is 13.7. The van der Waals surface area contributed by atoms with E-state index in [2.05, 4.69) is 34.6 Å². The van der Waals surface area contributed by atoms with E-state index < -0.39 is 12.0 Å². The molecule has 9 heteroatoms. The standard InChI is InChI=1S/C27H45N5O4/c1-4-17-36-18-16-31(14-6-5-9-23-11-10-22-8-7-13-28-25(22)29-23)15-12-24(26(33)34)30-27(35)32-20(2)19-21(32)3/h10-11,20-21,24H,4-9,12-19H2,1-3H3,(H,28,29)(H,30,35)(H,33,34)/t20-,21-,24+/m1/s1. The van der Waals surface area contributed by atoms with E-state index >= 15 is 0 Å². The Labute approximate surface area is 216 Å². The van der Waals surface area contributed by atoms with Gasteiger partial charge < -0.3 is 30.3 Å². The molecule has 36 heavy (non-hydrogen) atoms. The van der Waals surface area contributed by atoms with Crippen molar-refractivity contribution in [1.82, 2.24) is 20.1 Å². The Morgan fingerprint density at radius 1 is 1.22 bits per heavy atom. The third-order valence-corrected chi connectivity index (χ3v) is 7.21. The van der Waals surface area contributed by atoms with Crippen molar-refractivity contribution < 1.29 is 19.4 Å². The monoisotopic (exact) mass is 503 g/mol. The van der Waals surface area contributed by atoms with E-state index in [4.69, 9.17) is 9.72 Å². The molecule has 0 unspecified atom stereocenters. The Morgan fingerprint density at radius 2 is 2.03 bits per heavy atom. The molecule has 0 bridgehead atoms. The van der Waals surface area contributed by atoms with E-state index in [0.717, 1.165) is 82.7 Å². The summed E-state index contributed by atoms with van der Waals surface area (Å²) in [4.78, 5) is 33.2. The number of urea groups is 1. The lowest BCUT2D eigenvalue weighted by atomic mass is 9.96. The molecule has 1 fully saturated rings. The van der Waals surface area contributed by atoms with Gasteiger partial charge in [-0.25, -0.2) is 14.6 Å². The molecule has 3 heterocycles. The second kappa shape index (κ2) is 14.4. The summed E-state index contributed by atoms with van der Waals surface area (Å²) in [7, 11) is 0. The third-order valence-electron chi connectivity index (χ3n) is 7.21. The van der Waals surface area contributed by atoms with Crippen molar-refractivity contribution in [2.45, 2.75) is 90.3 Å². The highest BCUT2D eigenvalue weighted by molar-refractivity contribution is 5.83. The molecule has 1 aromatic rings. The van der Waals surface area contributed by atoms with Gasteiger partial charge in [0.15, 0.2) is 0 Å². The van der Waals surface area contributed by atoms with E-state index in [1.807, 2.05) is 13.8 Å². The minimum absolute atomic E-state index is 0.155. The lowest BCUT2D eigenvalue weighted by Gasteiger charge is -2.45. The fourth-order valence-electron chi connectivity index (χ4n) is 5.14. The molecule has 3 atom stereocenters.